The van der Waals surface area contributed by atoms with Gasteiger partial charge in [-0.05, 0) is 31.4 Å². The molecule has 0 spiro atoms. The van der Waals surface area contributed by atoms with Crippen LogP contribution in [-0.2, 0) is 13.0 Å². The first-order chi connectivity index (χ1) is 10.6. The molecule has 116 valence electrons. The summed E-state index contributed by atoms with van der Waals surface area (Å²) in [7, 11) is 1.80. The molecule has 3 rings (SSSR count). The topological polar surface area (TPSA) is 38.1 Å². The highest BCUT2D eigenvalue weighted by molar-refractivity contribution is 6.31. The predicted molar refractivity (Wildman–Crippen MR) is 87.1 cm³/mol. The Morgan fingerprint density at radius 3 is 2.86 bits per heavy atom. The average Bonchev–Trinajstić information content (AvgIpc) is 2.97. The van der Waals surface area contributed by atoms with Crippen LogP contribution in [-0.4, -0.2) is 27.4 Å². The van der Waals surface area contributed by atoms with Gasteiger partial charge in [0.1, 0.15) is 11.5 Å². The monoisotopic (exact) mass is 317 g/mol. The number of aromatic nitrogens is 2. The van der Waals surface area contributed by atoms with Crippen LogP contribution in [0.2, 0.25) is 5.02 Å². The standard InChI is InChI=1S/C17H20ClN3O/c1-12(13-7-3-4-8-14(13)18)20(2)17(22)15-11-21-10-6-5-9-16(21)19-15/h3-4,7-8,11-12H,5-6,9-10H2,1-2H3. The van der Waals surface area contributed by atoms with Gasteiger partial charge >= 0.3 is 0 Å². The maximum Gasteiger partial charge on any atom is 0.274 e. The lowest BCUT2D eigenvalue weighted by Crippen LogP contribution is -2.30. The molecule has 4 nitrogen and oxygen atoms in total. The molecule has 2 aromatic rings. The Bertz CT molecular complexity index is 671. The number of aryl methyl sites for hydroxylation is 2. The maximum atomic E-state index is 12.7. The molecule has 1 atom stereocenters. The Kier molecular flexibility index (Phi) is 4.21. The summed E-state index contributed by atoms with van der Waals surface area (Å²) in [5.41, 5.74) is 1.47. The normalized spacial score (nSPS) is 15.2. The van der Waals surface area contributed by atoms with Gasteiger partial charge in [0.15, 0.2) is 0 Å². The zero-order valence-corrected chi connectivity index (χ0v) is 13.7. The summed E-state index contributed by atoms with van der Waals surface area (Å²) in [5.74, 6) is 0.961. The summed E-state index contributed by atoms with van der Waals surface area (Å²) in [6.07, 6.45) is 5.14. The van der Waals surface area contributed by atoms with Crippen molar-refractivity contribution in [1.82, 2.24) is 14.5 Å². The quantitative estimate of drug-likeness (QED) is 0.865. The van der Waals surface area contributed by atoms with Gasteiger partial charge in [0.2, 0.25) is 0 Å². The summed E-state index contributed by atoms with van der Waals surface area (Å²) in [5, 5.41) is 0.679. The summed E-state index contributed by atoms with van der Waals surface area (Å²) in [6.45, 7) is 2.94. The molecule has 1 aromatic heterocycles. The first-order valence-corrected chi connectivity index (χ1v) is 8.03. The number of benzene rings is 1. The SMILES string of the molecule is CC(c1ccccc1Cl)N(C)C(=O)c1cn2c(n1)CCCC2. The molecule has 0 fully saturated rings. The van der Waals surface area contributed by atoms with Crippen LogP contribution in [0.4, 0.5) is 0 Å². The number of carbonyl (C=O) groups is 1. The lowest BCUT2D eigenvalue weighted by atomic mass is 10.1. The predicted octanol–water partition coefficient (Wildman–Crippen LogP) is 3.71. The zero-order chi connectivity index (χ0) is 15.7. The number of hydrogen-bond acceptors (Lipinski definition) is 2. The second-order valence-corrected chi connectivity index (χ2v) is 6.21. The summed E-state index contributed by atoms with van der Waals surface area (Å²) in [6, 6.07) is 7.53. The lowest BCUT2D eigenvalue weighted by Gasteiger charge is -2.25. The van der Waals surface area contributed by atoms with Crippen LogP contribution in [0.15, 0.2) is 30.5 Å². The third-order valence-electron chi connectivity index (χ3n) is 4.38. The second-order valence-electron chi connectivity index (χ2n) is 5.81. The van der Waals surface area contributed by atoms with Crippen LogP contribution in [0.3, 0.4) is 0 Å². The highest BCUT2D eigenvalue weighted by Gasteiger charge is 2.24. The molecule has 1 aromatic carbocycles. The molecule has 2 heterocycles. The molecular weight excluding hydrogens is 298 g/mol. The van der Waals surface area contributed by atoms with Gasteiger partial charge in [0.25, 0.3) is 5.91 Å². The molecule has 1 aliphatic heterocycles. The van der Waals surface area contributed by atoms with Crippen LogP contribution in [0, 0.1) is 0 Å². The minimum atomic E-state index is -0.0973. The molecule has 0 bridgehead atoms. The lowest BCUT2D eigenvalue weighted by molar-refractivity contribution is 0.0737. The number of hydrogen-bond donors (Lipinski definition) is 0. The summed E-state index contributed by atoms with van der Waals surface area (Å²) >= 11 is 6.24. The Morgan fingerprint density at radius 2 is 2.14 bits per heavy atom. The number of halogens is 1. The van der Waals surface area contributed by atoms with Crippen molar-refractivity contribution < 1.29 is 4.79 Å². The van der Waals surface area contributed by atoms with Gasteiger partial charge in [-0.3, -0.25) is 4.79 Å². The van der Waals surface area contributed by atoms with Crippen molar-refractivity contribution in [3.05, 3.63) is 52.6 Å². The van der Waals surface area contributed by atoms with E-state index in [0.717, 1.165) is 37.2 Å². The molecule has 1 aliphatic rings. The van der Waals surface area contributed by atoms with E-state index >= 15 is 0 Å². The first kappa shape index (κ1) is 15.1. The Morgan fingerprint density at radius 1 is 1.36 bits per heavy atom. The van der Waals surface area contributed by atoms with E-state index in [-0.39, 0.29) is 11.9 Å². The van der Waals surface area contributed by atoms with E-state index in [1.807, 2.05) is 37.4 Å². The molecule has 0 N–H and O–H groups in total. The molecule has 1 amide bonds. The van der Waals surface area contributed by atoms with Crippen molar-refractivity contribution >= 4 is 17.5 Å². The molecule has 22 heavy (non-hydrogen) atoms. The maximum absolute atomic E-state index is 12.7. The van der Waals surface area contributed by atoms with Crippen molar-refractivity contribution in [2.75, 3.05) is 7.05 Å². The fraction of sp³-hybridized carbons (Fsp3) is 0.412. The average molecular weight is 318 g/mol. The van der Waals surface area contributed by atoms with E-state index in [1.54, 1.807) is 11.9 Å². The molecule has 5 heteroatoms. The van der Waals surface area contributed by atoms with Crippen molar-refractivity contribution in [1.29, 1.82) is 0 Å². The van der Waals surface area contributed by atoms with Gasteiger partial charge in [-0.2, -0.15) is 0 Å². The Hall–Kier alpha value is -1.81. The summed E-state index contributed by atoms with van der Waals surface area (Å²) < 4.78 is 2.10. The van der Waals surface area contributed by atoms with Crippen molar-refractivity contribution in [2.45, 2.75) is 38.8 Å². The highest BCUT2D eigenvalue weighted by atomic mass is 35.5. The van der Waals surface area contributed by atoms with Crippen LogP contribution < -0.4 is 0 Å². The number of nitrogens with zero attached hydrogens (tertiary/aromatic N) is 3. The van der Waals surface area contributed by atoms with E-state index in [4.69, 9.17) is 11.6 Å². The number of amides is 1. The molecular formula is C17H20ClN3O. The van der Waals surface area contributed by atoms with Crippen LogP contribution in [0.5, 0.6) is 0 Å². The van der Waals surface area contributed by atoms with E-state index in [9.17, 15) is 4.79 Å². The Labute approximate surface area is 135 Å². The molecule has 0 saturated carbocycles. The third kappa shape index (κ3) is 2.75. The number of rotatable bonds is 3. The largest absolute Gasteiger partial charge is 0.334 e. The minimum absolute atomic E-state index is 0.0608. The Balaban J connectivity index is 1.82. The highest BCUT2D eigenvalue weighted by Crippen LogP contribution is 2.27. The van der Waals surface area contributed by atoms with Gasteiger partial charge in [-0.15, -0.1) is 0 Å². The van der Waals surface area contributed by atoms with Crippen LogP contribution >= 0.6 is 11.6 Å². The number of carbonyl (C=O) groups excluding carboxylic acids is 1. The van der Waals surface area contributed by atoms with Gasteiger partial charge in [-0.25, -0.2) is 4.98 Å². The van der Waals surface area contributed by atoms with Gasteiger partial charge in [0, 0.05) is 31.2 Å². The molecule has 0 aliphatic carbocycles. The smallest absolute Gasteiger partial charge is 0.274 e. The fourth-order valence-electron chi connectivity index (χ4n) is 2.89. The van der Waals surface area contributed by atoms with Crippen LogP contribution in [0.25, 0.3) is 0 Å². The number of imidazole rings is 1. The second kappa shape index (κ2) is 6.13. The van der Waals surface area contributed by atoms with E-state index in [0.29, 0.717) is 10.7 Å². The zero-order valence-electron chi connectivity index (χ0n) is 12.9. The van der Waals surface area contributed by atoms with Gasteiger partial charge in [-0.1, -0.05) is 29.8 Å². The van der Waals surface area contributed by atoms with E-state index in [2.05, 4.69) is 9.55 Å². The fourth-order valence-corrected chi connectivity index (χ4v) is 3.19. The van der Waals surface area contributed by atoms with E-state index in [1.165, 1.54) is 0 Å². The van der Waals surface area contributed by atoms with Gasteiger partial charge in [0.05, 0.1) is 6.04 Å². The molecule has 1 unspecified atom stereocenters. The van der Waals surface area contributed by atoms with Crippen LogP contribution in [0.1, 0.15) is 47.7 Å². The van der Waals surface area contributed by atoms with E-state index < -0.39 is 0 Å². The minimum Gasteiger partial charge on any atom is -0.334 e. The molecule has 0 radical (unpaired) electrons. The third-order valence-corrected chi connectivity index (χ3v) is 4.73. The first-order valence-electron chi connectivity index (χ1n) is 7.65. The van der Waals surface area contributed by atoms with Crippen molar-refractivity contribution in [2.24, 2.45) is 0 Å². The van der Waals surface area contributed by atoms with Gasteiger partial charge < -0.3 is 9.47 Å². The van der Waals surface area contributed by atoms with Crippen molar-refractivity contribution in [3.8, 4) is 0 Å². The molecule has 0 saturated heterocycles. The summed E-state index contributed by atoms with van der Waals surface area (Å²) in [4.78, 5) is 18.9. The van der Waals surface area contributed by atoms with Crippen molar-refractivity contribution in [3.63, 3.8) is 0 Å². The number of fused-ring (bicyclic) bond motifs is 1.